The molecule has 0 amide bonds. The molecule has 0 saturated heterocycles. The number of benzene rings is 1. The van der Waals surface area contributed by atoms with Crippen molar-refractivity contribution in [2.75, 3.05) is 6.54 Å². The van der Waals surface area contributed by atoms with Gasteiger partial charge in [-0.15, -0.1) is 0 Å². The van der Waals surface area contributed by atoms with E-state index in [2.05, 4.69) is 4.98 Å². The Morgan fingerprint density at radius 1 is 1.53 bits per heavy atom. The lowest BCUT2D eigenvalue weighted by Crippen LogP contribution is -2.10. The van der Waals surface area contributed by atoms with Gasteiger partial charge in [0.15, 0.2) is 0 Å². The normalized spacial score (nSPS) is 10.7. The van der Waals surface area contributed by atoms with E-state index in [1.807, 2.05) is 0 Å². The van der Waals surface area contributed by atoms with E-state index >= 15 is 0 Å². The van der Waals surface area contributed by atoms with Crippen molar-refractivity contribution < 1.29 is 9.31 Å². The Labute approximate surface area is 112 Å². The van der Waals surface area contributed by atoms with Crippen molar-refractivity contribution in [2.24, 2.45) is 5.73 Å². The maximum absolute atomic E-state index is 13.5. The van der Waals surface area contributed by atoms with Crippen molar-refractivity contribution in [3.8, 4) is 5.69 Å². The van der Waals surface area contributed by atoms with Crippen molar-refractivity contribution in [2.45, 2.75) is 6.42 Å². The first-order valence-corrected chi connectivity index (χ1v) is 5.78. The first kappa shape index (κ1) is 13.4. The van der Waals surface area contributed by atoms with Gasteiger partial charge in [-0.25, -0.2) is 9.37 Å². The maximum Gasteiger partial charge on any atom is 0.294 e. The van der Waals surface area contributed by atoms with Crippen molar-refractivity contribution >= 4 is 17.3 Å². The number of rotatable bonds is 4. The average Bonchev–Trinajstić information content (AvgIpc) is 2.80. The van der Waals surface area contributed by atoms with Crippen LogP contribution in [0.5, 0.6) is 0 Å². The minimum Gasteiger partial charge on any atom is -0.330 e. The molecule has 2 rings (SSSR count). The van der Waals surface area contributed by atoms with E-state index in [1.165, 1.54) is 17.0 Å². The molecule has 0 bridgehead atoms. The van der Waals surface area contributed by atoms with Crippen LogP contribution < -0.4 is 5.73 Å². The summed E-state index contributed by atoms with van der Waals surface area (Å²) in [6.45, 7) is 0.334. The molecule has 0 aliphatic carbocycles. The standard InChI is InChI=1S/C11H10ClFN4O2/c12-7-5-10(17(18)19)9(6-8(7)13)16-4-3-15-11(16)1-2-14/h3-6H,1-2,14H2. The van der Waals surface area contributed by atoms with Gasteiger partial charge in [0.25, 0.3) is 5.69 Å². The summed E-state index contributed by atoms with van der Waals surface area (Å²) >= 11 is 5.57. The van der Waals surface area contributed by atoms with E-state index in [0.29, 0.717) is 18.8 Å². The first-order valence-electron chi connectivity index (χ1n) is 5.40. The van der Waals surface area contributed by atoms with Crippen LogP contribution in [0.1, 0.15) is 5.82 Å². The molecule has 2 N–H and O–H groups in total. The van der Waals surface area contributed by atoms with Crippen LogP contribution in [0.25, 0.3) is 5.69 Å². The van der Waals surface area contributed by atoms with Crippen LogP contribution in [0.15, 0.2) is 24.5 Å². The van der Waals surface area contributed by atoms with Crippen LogP contribution in [-0.2, 0) is 6.42 Å². The molecule has 100 valence electrons. The number of nitro benzene ring substituents is 1. The Morgan fingerprint density at radius 2 is 2.26 bits per heavy atom. The Morgan fingerprint density at radius 3 is 2.89 bits per heavy atom. The second kappa shape index (κ2) is 5.33. The number of aromatic nitrogens is 2. The predicted molar refractivity (Wildman–Crippen MR) is 67.9 cm³/mol. The second-order valence-corrected chi connectivity index (χ2v) is 4.17. The number of halogens is 2. The largest absolute Gasteiger partial charge is 0.330 e. The summed E-state index contributed by atoms with van der Waals surface area (Å²) < 4.78 is 15.0. The molecule has 19 heavy (non-hydrogen) atoms. The van der Waals surface area contributed by atoms with E-state index in [4.69, 9.17) is 17.3 Å². The molecular formula is C11H10ClFN4O2. The van der Waals surface area contributed by atoms with Gasteiger partial charge in [0.2, 0.25) is 0 Å². The highest BCUT2D eigenvalue weighted by Crippen LogP contribution is 2.29. The average molecular weight is 285 g/mol. The Kier molecular flexibility index (Phi) is 3.77. The van der Waals surface area contributed by atoms with Gasteiger partial charge < -0.3 is 5.73 Å². The van der Waals surface area contributed by atoms with E-state index in [1.54, 1.807) is 0 Å². The van der Waals surface area contributed by atoms with Crippen LogP contribution in [-0.4, -0.2) is 21.0 Å². The fourth-order valence-corrected chi connectivity index (χ4v) is 1.89. The zero-order valence-electron chi connectivity index (χ0n) is 9.72. The van der Waals surface area contributed by atoms with Crippen molar-refractivity contribution in [3.63, 3.8) is 0 Å². The van der Waals surface area contributed by atoms with E-state index in [9.17, 15) is 14.5 Å². The van der Waals surface area contributed by atoms with Crippen LogP contribution in [0.4, 0.5) is 10.1 Å². The topological polar surface area (TPSA) is 87.0 Å². The number of nitro groups is 1. The zero-order valence-corrected chi connectivity index (χ0v) is 10.5. The highest BCUT2D eigenvalue weighted by Gasteiger charge is 2.20. The highest BCUT2D eigenvalue weighted by atomic mass is 35.5. The number of imidazole rings is 1. The van der Waals surface area contributed by atoms with E-state index in [-0.39, 0.29) is 16.4 Å². The molecule has 0 saturated carbocycles. The van der Waals surface area contributed by atoms with Gasteiger partial charge in [-0.2, -0.15) is 0 Å². The third-order valence-corrected chi connectivity index (χ3v) is 2.85. The maximum atomic E-state index is 13.5. The molecule has 0 atom stereocenters. The minimum atomic E-state index is -0.727. The van der Waals surface area contributed by atoms with Gasteiger partial charge in [-0.1, -0.05) is 11.6 Å². The fourth-order valence-electron chi connectivity index (χ4n) is 1.73. The Hall–Kier alpha value is -1.99. The van der Waals surface area contributed by atoms with Gasteiger partial charge in [0.1, 0.15) is 17.3 Å². The molecule has 0 fully saturated rings. The number of hydrogen-bond acceptors (Lipinski definition) is 4. The summed E-state index contributed by atoms with van der Waals surface area (Å²) in [5, 5.41) is 10.7. The van der Waals surface area contributed by atoms with Crippen molar-refractivity contribution in [3.05, 3.63) is 51.3 Å². The Balaban J connectivity index is 2.63. The summed E-state index contributed by atoms with van der Waals surface area (Å²) in [7, 11) is 0. The summed E-state index contributed by atoms with van der Waals surface area (Å²) in [5.41, 5.74) is 5.22. The lowest BCUT2D eigenvalue weighted by molar-refractivity contribution is -0.384. The molecule has 0 spiro atoms. The molecule has 1 heterocycles. The monoisotopic (exact) mass is 284 g/mol. The van der Waals surface area contributed by atoms with Crippen LogP contribution in [0.2, 0.25) is 5.02 Å². The van der Waals surface area contributed by atoms with Gasteiger partial charge in [0, 0.05) is 30.9 Å². The molecule has 0 radical (unpaired) electrons. The Bertz CT molecular complexity index is 629. The highest BCUT2D eigenvalue weighted by molar-refractivity contribution is 6.31. The van der Waals surface area contributed by atoms with Crippen molar-refractivity contribution in [1.82, 2.24) is 9.55 Å². The summed E-state index contributed by atoms with van der Waals surface area (Å²) in [6.07, 6.45) is 3.41. The lowest BCUT2D eigenvalue weighted by atomic mass is 10.2. The van der Waals surface area contributed by atoms with Gasteiger partial charge in [0.05, 0.1) is 9.95 Å². The van der Waals surface area contributed by atoms with Gasteiger partial charge in [-0.05, 0) is 6.54 Å². The molecule has 1 aromatic carbocycles. The van der Waals surface area contributed by atoms with Crippen LogP contribution in [0.3, 0.4) is 0 Å². The summed E-state index contributed by atoms with van der Waals surface area (Å²) in [6, 6.07) is 2.00. The molecular weight excluding hydrogens is 275 g/mol. The van der Waals surface area contributed by atoms with Gasteiger partial charge >= 0.3 is 0 Å². The third-order valence-electron chi connectivity index (χ3n) is 2.56. The lowest BCUT2D eigenvalue weighted by Gasteiger charge is -2.08. The molecule has 1 aromatic heterocycles. The SMILES string of the molecule is NCCc1nccn1-c1cc(F)c(Cl)cc1[N+](=O)[O-]. The molecule has 6 nitrogen and oxygen atoms in total. The van der Waals surface area contributed by atoms with Gasteiger partial charge in [-0.3, -0.25) is 14.7 Å². The summed E-state index contributed by atoms with van der Waals surface area (Å²) in [4.78, 5) is 14.4. The third kappa shape index (κ3) is 2.56. The zero-order chi connectivity index (χ0) is 14.0. The fraction of sp³-hybridized carbons (Fsp3) is 0.182. The second-order valence-electron chi connectivity index (χ2n) is 3.76. The smallest absolute Gasteiger partial charge is 0.294 e. The van der Waals surface area contributed by atoms with Crippen LogP contribution >= 0.6 is 11.6 Å². The number of nitrogens with two attached hydrogens (primary N) is 1. The molecule has 0 aliphatic heterocycles. The summed E-state index contributed by atoms with van der Waals surface area (Å²) in [5.74, 6) is -0.206. The quantitative estimate of drug-likeness (QED) is 0.688. The van der Waals surface area contributed by atoms with Crippen molar-refractivity contribution in [1.29, 1.82) is 0 Å². The van der Waals surface area contributed by atoms with Crippen LogP contribution in [0, 0.1) is 15.9 Å². The molecule has 8 heteroatoms. The first-order chi connectivity index (χ1) is 9.04. The molecule has 0 aliphatic rings. The molecule has 2 aromatic rings. The number of hydrogen-bond donors (Lipinski definition) is 1. The molecule has 0 unspecified atom stereocenters. The predicted octanol–water partition coefficient (Wildman–Crippen LogP) is 2.07. The van der Waals surface area contributed by atoms with E-state index < -0.39 is 10.7 Å². The van der Waals surface area contributed by atoms with E-state index in [0.717, 1.165) is 12.1 Å². The minimum absolute atomic E-state index is 0.0767. The number of nitrogens with zero attached hydrogens (tertiary/aromatic N) is 3.